The highest BCUT2D eigenvalue weighted by Crippen LogP contribution is 2.47. The van der Waals surface area contributed by atoms with E-state index < -0.39 is 11.8 Å². The maximum absolute atomic E-state index is 13.8. The van der Waals surface area contributed by atoms with Crippen LogP contribution in [0.5, 0.6) is 11.5 Å². The molecule has 2 aliphatic rings. The van der Waals surface area contributed by atoms with Gasteiger partial charge in [-0.1, -0.05) is 60.2 Å². The van der Waals surface area contributed by atoms with Gasteiger partial charge >= 0.3 is 0 Å². The van der Waals surface area contributed by atoms with Crippen LogP contribution in [0.3, 0.4) is 0 Å². The van der Waals surface area contributed by atoms with E-state index in [2.05, 4.69) is 0 Å². The Morgan fingerprint density at radius 2 is 1.54 bits per heavy atom. The number of likely N-dealkylation sites (tertiary alicyclic amines) is 1. The van der Waals surface area contributed by atoms with E-state index in [1.54, 1.807) is 38.5 Å². The molecule has 1 aliphatic heterocycles. The van der Waals surface area contributed by atoms with Gasteiger partial charge in [0, 0.05) is 29.5 Å². The van der Waals surface area contributed by atoms with Gasteiger partial charge in [-0.05, 0) is 59.9 Å². The van der Waals surface area contributed by atoms with E-state index in [0.717, 1.165) is 11.1 Å². The minimum absolute atomic E-state index is 0.0812. The summed E-state index contributed by atoms with van der Waals surface area (Å²) >= 11 is 5.99. The maximum Gasteiger partial charge on any atom is 0.234 e. The van der Waals surface area contributed by atoms with Gasteiger partial charge in [-0.3, -0.25) is 19.3 Å². The Labute approximate surface area is 233 Å². The van der Waals surface area contributed by atoms with Crippen LogP contribution in [0.1, 0.15) is 33.8 Å². The number of Topliss-reactive ketones (excluding diaryl/α,β-unsaturated/α-hetero) is 1. The van der Waals surface area contributed by atoms with Crippen LogP contribution in [-0.4, -0.2) is 43.3 Å². The van der Waals surface area contributed by atoms with Crippen LogP contribution in [0.25, 0.3) is 0 Å². The summed E-state index contributed by atoms with van der Waals surface area (Å²) in [6.45, 7) is 0.250. The van der Waals surface area contributed by atoms with Crippen LogP contribution in [0.15, 0.2) is 84.9 Å². The number of hydrogen-bond acceptors (Lipinski definition) is 5. The number of imide groups is 1. The zero-order valence-electron chi connectivity index (χ0n) is 21.9. The van der Waals surface area contributed by atoms with Crippen molar-refractivity contribution in [1.29, 1.82) is 0 Å². The number of ether oxygens (including phenoxy) is 2. The molecule has 4 atom stereocenters. The smallest absolute Gasteiger partial charge is 0.234 e. The molecule has 0 spiro atoms. The number of methoxy groups -OCH3 is 2. The minimum Gasteiger partial charge on any atom is -0.493 e. The van der Waals surface area contributed by atoms with Gasteiger partial charge in [0.2, 0.25) is 11.8 Å². The normalized spacial score (nSPS) is 22.1. The van der Waals surface area contributed by atoms with Gasteiger partial charge < -0.3 is 9.47 Å². The highest BCUT2D eigenvalue weighted by atomic mass is 35.5. The monoisotopic (exact) mass is 543 g/mol. The predicted molar refractivity (Wildman–Crippen MR) is 149 cm³/mol. The van der Waals surface area contributed by atoms with E-state index >= 15 is 0 Å². The standard InChI is InChI=1S/C32H30ClNO5/c1-38-27-15-8-20(18-28(27)39-2)16-17-34-31(36)29-23(19-26(35)22-9-12-24(33)13-10-22)11-14-25(30(29)32(34)37)21-6-4-3-5-7-21/h3-15,18,23,25,29-30H,16-17,19H2,1-2H3/t23-,25+,29?,30?/m1/s1. The lowest BCUT2D eigenvalue weighted by molar-refractivity contribution is -0.140. The molecule has 1 aliphatic carbocycles. The summed E-state index contributed by atoms with van der Waals surface area (Å²) in [5, 5.41) is 0.552. The summed E-state index contributed by atoms with van der Waals surface area (Å²) < 4.78 is 10.7. The molecule has 0 radical (unpaired) electrons. The first-order valence-corrected chi connectivity index (χ1v) is 13.4. The average Bonchev–Trinajstić information content (AvgIpc) is 3.22. The third-order valence-electron chi connectivity index (χ3n) is 7.75. The second-order valence-corrected chi connectivity index (χ2v) is 10.4. The molecule has 39 heavy (non-hydrogen) atoms. The Hall–Kier alpha value is -3.90. The molecule has 0 N–H and O–H groups in total. The van der Waals surface area contributed by atoms with Gasteiger partial charge in [0.15, 0.2) is 17.3 Å². The Balaban J connectivity index is 1.41. The highest BCUT2D eigenvalue weighted by molar-refractivity contribution is 6.30. The van der Waals surface area contributed by atoms with Crippen LogP contribution in [0.2, 0.25) is 5.02 Å². The van der Waals surface area contributed by atoms with Gasteiger partial charge in [-0.25, -0.2) is 0 Å². The van der Waals surface area contributed by atoms with Gasteiger partial charge in [0.1, 0.15) is 0 Å². The van der Waals surface area contributed by atoms with Crippen molar-refractivity contribution >= 4 is 29.2 Å². The summed E-state index contributed by atoms with van der Waals surface area (Å²) in [5.41, 5.74) is 2.45. The van der Waals surface area contributed by atoms with Crippen molar-refractivity contribution in [1.82, 2.24) is 4.90 Å². The molecule has 0 saturated carbocycles. The van der Waals surface area contributed by atoms with Crippen LogP contribution in [0.4, 0.5) is 0 Å². The van der Waals surface area contributed by atoms with Crippen LogP contribution in [0, 0.1) is 17.8 Å². The van der Waals surface area contributed by atoms with Crippen molar-refractivity contribution < 1.29 is 23.9 Å². The Morgan fingerprint density at radius 1 is 0.846 bits per heavy atom. The number of carbonyl (C=O) groups excluding carboxylic acids is 3. The van der Waals surface area contributed by atoms with E-state index in [1.807, 2.05) is 60.7 Å². The van der Waals surface area contributed by atoms with E-state index in [9.17, 15) is 14.4 Å². The zero-order valence-corrected chi connectivity index (χ0v) is 22.6. The number of halogens is 1. The summed E-state index contributed by atoms with van der Waals surface area (Å²) in [7, 11) is 3.15. The lowest BCUT2D eigenvalue weighted by Gasteiger charge is -2.32. The fourth-order valence-electron chi connectivity index (χ4n) is 5.76. The summed E-state index contributed by atoms with van der Waals surface area (Å²) in [6, 6.07) is 22.1. The number of carbonyl (C=O) groups is 3. The second-order valence-electron chi connectivity index (χ2n) is 9.94. The molecule has 5 rings (SSSR count). The topological polar surface area (TPSA) is 72.9 Å². The molecule has 6 nitrogen and oxygen atoms in total. The summed E-state index contributed by atoms with van der Waals surface area (Å²) in [5.74, 6) is -1.05. The molecule has 1 heterocycles. The molecule has 2 amide bonds. The molecule has 200 valence electrons. The summed E-state index contributed by atoms with van der Waals surface area (Å²) in [4.78, 5) is 42.2. The molecule has 0 bridgehead atoms. The predicted octanol–water partition coefficient (Wildman–Crippen LogP) is 5.74. The first-order valence-electron chi connectivity index (χ1n) is 13.0. The molecule has 3 aromatic rings. The van der Waals surface area contributed by atoms with Gasteiger partial charge in [0.25, 0.3) is 0 Å². The SMILES string of the molecule is COc1ccc(CCN2C(=O)C3C(C2=O)[C@H](c2ccccc2)C=C[C@@H]3CC(=O)c2ccc(Cl)cc2)cc1OC. The molecule has 2 unspecified atom stereocenters. The largest absolute Gasteiger partial charge is 0.493 e. The minimum atomic E-state index is -0.602. The number of rotatable bonds is 9. The maximum atomic E-state index is 13.8. The number of benzene rings is 3. The quantitative estimate of drug-likeness (QED) is 0.195. The number of nitrogens with zero attached hydrogens (tertiary/aromatic N) is 1. The number of hydrogen-bond donors (Lipinski definition) is 0. The van der Waals surface area contributed by atoms with Crippen molar-refractivity contribution in [3.63, 3.8) is 0 Å². The van der Waals surface area contributed by atoms with Crippen molar-refractivity contribution in [2.75, 3.05) is 20.8 Å². The molecule has 7 heteroatoms. The van der Waals surface area contributed by atoms with E-state index in [1.165, 1.54) is 4.90 Å². The average molecular weight is 544 g/mol. The van der Waals surface area contributed by atoms with Gasteiger partial charge in [-0.15, -0.1) is 0 Å². The van der Waals surface area contributed by atoms with Gasteiger partial charge in [-0.2, -0.15) is 0 Å². The Kier molecular flexibility index (Phi) is 7.84. The highest BCUT2D eigenvalue weighted by Gasteiger charge is 2.54. The zero-order chi connectivity index (χ0) is 27.5. The van der Waals surface area contributed by atoms with Crippen molar-refractivity contribution in [2.24, 2.45) is 17.8 Å². The first-order chi connectivity index (χ1) is 18.9. The van der Waals surface area contributed by atoms with E-state index in [4.69, 9.17) is 21.1 Å². The third-order valence-corrected chi connectivity index (χ3v) is 8.00. The third kappa shape index (κ3) is 5.34. The molecular formula is C32H30ClNO5. The van der Waals surface area contributed by atoms with Gasteiger partial charge in [0.05, 0.1) is 26.1 Å². The number of ketones is 1. The Morgan fingerprint density at radius 3 is 2.23 bits per heavy atom. The lowest BCUT2D eigenvalue weighted by atomic mass is 9.68. The number of allylic oxidation sites excluding steroid dienone is 2. The second kappa shape index (κ2) is 11.5. The van der Waals surface area contributed by atoms with Crippen molar-refractivity contribution in [2.45, 2.75) is 18.8 Å². The first kappa shape index (κ1) is 26.7. The van der Waals surface area contributed by atoms with Crippen molar-refractivity contribution in [3.05, 3.63) is 107 Å². The molecule has 3 aromatic carbocycles. The van der Waals surface area contributed by atoms with E-state index in [0.29, 0.717) is 28.5 Å². The number of amides is 2. The molecule has 1 fully saturated rings. The van der Waals surface area contributed by atoms with E-state index in [-0.39, 0.29) is 42.4 Å². The molecular weight excluding hydrogens is 514 g/mol. The summed E-state index contributed by atoms with van der Waals surface area (Å²) in [6.07, 6.45) is 4.58. The van der Waals surface area contributed by atoms with Crippen LogP contribution < -0.4 is 9.47 Å². The fraction of sp³-hybridized carbons (Fsp3) is 0.281. The van der Waals surface area contributed by atoms with Crippen LogP contribution in [-0.2, 0) is 16.0 Å². The Bertz CT molecular complexity index is 1400. The van der Waals surface area contributed by atoms with Crippen LogP contribution >= 0.6 is 11.6 Å². The van der Waals surface area contributed by atoms with Crippen molar-refractivity contribution in [3.8, 4) is 11.5 Å². The fourth-order valence-corrected chi connectivity index (χ4v) is 5.88. The number of fused-ring (bicyclic) bond motifs is 1. The molecule has 0 aromatic heterocycles. The molecule has 1 saturated heterocycles. The lowest BCUT2D eigenvalue weighted by Crippen LogP contribution is -2.34.